The van der Waals surface area contributed by atoms with Gasteiger partial charge >= 0.3 is 6.03 Å². The minimum atomic E-state index is -1.30. The monoisotopic (exact) mass is 310 g/mol. The van der Waals surface area contributed by atoms with Crippen molar-refractivity contribution in [3.8, 4) is 0 Å². The molecule has 1 saturated heterocycles. The Bertz CT molecular complexity index is 674. The van der Waals surface area contributed by atoms with Gasteiger partial charge in [-0.1, -0.05) is 11.6 Å². The molecule has 0 bridgehead atoms. The first-order chi connectivity index (χ1) is 9.86. The summed E-state index contributed by atoms with van der Waals surface area (Å²) in [6, 6.07) is 2.07. The zero-order valence-electron chi connectivity index (χ0n) is 11.6. The molecule has 0 spiro atoms. The number of aliphatic hydroxyl groups is 1. The van der Waals surface area contributed by atoms with Gasteiger partial charge in [0.1, 0.15) is 16.9 Å². The van der Waals surface area contributed by atoms with Crippen LogP contribution in [0.25, 0.3) is 0 Å². The van der Waals surface area contributed by atoms with Gasteiger partial charge in [0.2, 0.25) is 0 Å². The Kier molecular flexibility index (Phi) is 2.30. The summed E-state index contributed by atoms with van der Waals surface area (Å²) < 4.78 is 1.76. The predicted molar refractivity (Wildman–Crippen MR) is 74.0 cm³/mol. The first-order valence-corrected chi connectivity index (χ1v) is 7.14. The SMILES string of the molecule is CN1C(=O)N(C)[C@]2(O)C[C@@H]3[C@@H](NC(=O)c4ccc(Cl)n43)[C@H]12. The summed E-state index contributed by atoms with van der Waals surface area (Å²) in [5, 5.41) is 14.4. The van der Waals surface area contributed by atoms with Gasteiger partial charge in [-0.15, -0.1) is 0 Å². The van der Waals surface area contributed by atoms with Crippen LogP contribution in [0.5, 0.6) is 0 Å². The minimum Gasteiger partial charge on any atom is -0.368 e. The van der Waals surface area contributed by atoms with E-state index in [1.165, 1.54) is 9.80 Å². The van der Waals surface area contributed by atoms with Gasteiger partial charge in [0, 0.05) is 20.5 Å². The lowest BCUT2D eigenvalue weighted by atomic mass is 10.0. The third-order valence-electron chi connectivity index (χ3n) is 5.06. The van der Waals surface area contributed by atoms with Crippen molar-refractivity contribution >= 4 is 23.5 Å². The van der Waals surface area contributed by atoms with Crippen LogP contribution in [-0.4, -0.2) is 63.3 Å². The fourth-order valence-corrected chi connectivity index (χ4v) is 4.34. The molecule has 4 rings (SSSR count). The zero-order valence-corrected chi connectivity index (χ0v) is 12.3. The Balaban J connectivity index is 1.86. The number of nitrogens with one attached hydrogen (secondary N) is 1. The van der Waals surface area contributed by atoms with Crippen LogP contribution in [0.4, 0.5) is 4.79 Å². The van der Waals surface area contributed by atoms with Crippen LogP contribution < -0.4 is 5.32 Å². The summed E-state index contributed by atoms with van der Waals surface area (Å²) in [6.45, 7) is 0. The molecule has 0 aromatic carbocycles. The minimum absolute atomic E-state index is 0.173. The van der Waals surface area contributed by atoms with Crippen molar-refractivity contribution in [1.82, 2.24) is 19.7 Å². The molecule has 7 nitrogen and oxygen atoms in total. The molecular weight excluding hydrogens is 296 g/mol. The largest absolute Gasteiger partial charge is 0.368 e. The fraction of sp³-hybridized carbons (Fsp3) is 0.538. The van der Waals surface area contributed by atoms with E-state index in [2.05, 4.69) is 5.32 Å². The molecule has 2 N–H and O–H groups in total. The van der Waals surface area contributed by atoms with Crippen LogP contribution in [-0.2, 0) is 0 Å². The number of amides is 3. The van der Waals surface area contributed by atoms with Crippen LogP contribution in [0.2, 0.25) is 5.15 Å². The molecule has 21 heavy (non-hydrogen) atoms. The third-order valence-corrected chi connectivity index (χ3v) is 5.36. The van der Waals surface area contributed by atoms with Gasteiger partial charge < -0.3 is 19.9 Å². The van der Waals surface area contributed by atoms with E-state index in [0.717, 1.165) is 0 Å². The number of aromatic nitrogens is 1. The maximum absolute atomic E-state index is 12.2. The Morgan fingerprint density at radius 2 is 2.10 bits per heavy atom. The molecule has 1 aromatic rings. The van der Waals surface area contributed by atoms with Crippen LogP contribution >= 0.6 is 11.6 Å². The summed E-state index contributed by atoms with van der Waals surface area (Å²) in [5.41, 5.74) is -0.814. The molecule has 2 fully saturated rings. The molecule has 0 radical (unpaired) electrons. The molecule has 112 valence electrons. The lowest BCUT2D eigenvalue weighted by molar-refractivity contribution is -0.0627. The van der Waals surface area contributed by atoms with Gasteiger partial charge in [0.05, 0.1) is 12.1 Å². The quantitative estimate of drug-likeness (QED) is 0.721. The maximum atomic E-state index is 12.2. The topological polar surface area (TPSA) is 77.8 Å². The average Bonchev–Trinajstić information content (AvgIpc) is 3.00. The number of hydrogen-bond acceptors (Lipinski definition) is 3. The van der Waals surface area contributed by atoms with Crippen molar-refractivity contribution in [2.24, 2.45) is 0 Å². The number of fused-ring (bicyclic) bond motifs is 5. The Labute approximate surface area is 126 Å². The molecule has 2 aliphatic heterocycles. The fourth-order valence-electron chi connectivity index (χ4n) is 4.06. The lowest BCUT2D eigenvalue weighted by Gasteiger charge is -2.34. The molecule has 1 aliphatic carbocycles. The average molecular weight is 311 g/mol. The van der Waals surface area contributed by atoms with E-state index in [9.17, 15) is 14.7 Å². The highest BCUT2D eigenvalue weighted by molar-refractivity contribution is 6.30. The molecule has 3 heterocycles. The van der Waals surface area contributed by atoms with Crippen molar-refractivity contribution in [3.63, 3.8) is 0 Å². The van der Waals surface area contributed by atoms with E-state index in [1.807, 2.05) is 0 Å². The van der Waals surface area contributed by atoms with E-state index in [1.54, 1.807) is 30.8 Å². The molecule has 3 amide bonds. The van der Waals surface area contributed by atoms with Gasteiger partial charge in [-0.05, 0) is 12.1 Å². The van der Waals surface area contributed by atoms with Crippen LogP contribution in [0.1, 0.15) is 23.0 Å². The van der Waals surface area contributed by atoms with Crippen molar-refractivity contribution < 1.29 is 14.7 Å². The molecule has 3 aliphatic rings. The van der Waals surface area contributed by atoms with E-state index < -0.39 is 11.8 Å². The van der Waals surface area contributed by atoms with E-state index >= 15 is 0 Å². The first-order valence-electron chi connectivity index (χ1n) is 6.77. The van der Waals surface area contributed by atoms with Crippen molar-refractivity contribution in [2.75, 3.05) is 14.1 Å². The lowest BCUT2D eigenvalue weighted by Crippen LogP contribution is -2.56. The van der Waals surface area contributed by atoms with Gasteiger partial charge in [-0.25, -0.2) is 4.79 Å². The van der Waals surface area contributed by atoms with Gasteiger partial charge in [-0.3, -0.25) is 9.69 Å². The normalized spacial score (nSPS) is 37.4. The number of likely N-dealkylation sites (N-methyl/N-ethyl adjacent to an activating group) is 2. The van der Waals surface area contributed by atoms with Crippen LogP contribution in [0.3, 0.4) is 0 Å². The van der Waals surface area contributed by atoms with E-state index in [-0.39, 0.29) is 24.0 Å². The second kappa shape index (κ2) is 3.72. The second-order valence-electron chi connectivity index (χ2n) is 5.96. The number of carbonyl (C=O) groups is 2. The Morgan fingerprint density at radius 1 is 1.38 bits per heavy atom. The number of halogens is 1. The highest BCUT2D eigenvalue weighted by atomic mass is 35.5. The molecular formula is C13H15ClN4O3. The predicted octanol–water partition coefficient (Wildman–Crippen LogP) is 0.253. The smallest absolute Gasteiger partial charge is 0.322 e. The highest BCUT2D eigenvalue weighted by Crippen LogP contribution is 2.49. The number of hydrogen-bond donors (Lipinski definition) is 2. The number of rotatable bonds is 0. The Morgan fingerprint density at radius 3 is 2.81 bits per heavy atom. The molecule has 1 saturated carbocycles. The number of carbonyl (C=O) groups excluding carboxylic acids is 2. The number of nitrogens with zero attached hydrogens (tertiary/aromatic N) is 3. The molecule has 0 unspecified atom stereocenters. The summed E-state index contributed by atoms with van der Waals surface area (Å²) in [7, 11) is 3.22. The first kappa shape index (κ1) is 13.0. The summed E-state index contributed by atoms with van der Waals surface area (Å²) in [5.74, 6) is -0.234. The van der Waals surface area contributed by atoms with Crippen molar-refractivity contribution in [2.45, 2.75) is 30.3 Å². The zero-order chi connectivity index (χ0) is 15.1. The van der Waals surface area contributed by atoms with Gasteiger partial charge in [0.15, 0.2) is 5.72 Å². The number of urea groups is 1. The van der Waals surface area contributed by atoms with Crippen molar-refractivity contribution in [1.29, 1.82) is 0 Å². The summed E-state index contributed by atoms with van der Waals surface area (Å²) >= 11 is 6.20. The van der Waals surface area contributed by atoms with E-state index in [4.69, 9.17) is 11.6 Å². The van der Waals surface area contributed by atoms with Gasteiger partial charge in [0.25, 0.3) is 5.91 Å². The summed E-state index contributed by atoms with van der Waals surface area (Å²) in [6.07, 6.45) is 0.330. The Hall–Kier alpha value is -1.73. The second-order valence-corrected chi connectivity index (χ2v) is 6.35. The molecule has 8 heteroatoms. The molecule has 4 atom stereocenters. The maximum Gasteiger partial charge on any atom is 0.322 e. The van der Waals surface area contributed by atoms with Crippen LogP contribution in [0.15, 0.2) is 12.1 Å². The highest BCUT2D eigenvalue weighted by Gasteiger charge is 2.65. The summed E-state index contributed by atoms with van der Waals surface area (Å²) in [4.78, 5) is 27.1. The van der Waals surface area contributed by atoms with E-state index in [0.29, 0.717) is 17.3 Å². The van der Waals surface area contributed by atoms with Crippen LogP contribution in [0, 0.1) is 0 Å². The standard InChI is InChI=1S/C13H15ClN4O3/c1-16-10-9-7(5-13(10,21)17(2)12(16)20)18-6(11(19)15-9)3-4-8(18)14/h3-4,7,9-10,21H,5H2,1-2H3,(H,15,19)/t7-,9-,10+,13+/m1/s1. The molecule has 1 aromatic heterocycles. The van der Waals surface area contributed by atoms with Crippen molar-refractivity contribution in [3.05, 3.63) is 23.0 Å². The van der Waals surface area contributed by atoms with Gasteiger partial charge in [-0.2, -0.15) is 0 Å². The third kappa shape index (κ3) is 1.33.